The predicted octanol–water partition coefficient (Wildman–Crippen LogP) is 4.29. The van der Waals surface area contributed by atoms with Crippen LogP contribution in [0.5, 0.6) is 0 Å². The summed E-state index contributed by atoms with van der Waals surface area (Å²) in [6.45, 7) is 6.35. The fourth-order valence-electron chi connectivity index (χ4n) is 1.94. The summed E-state index contributed by atoms with van der Waals surface area (Å²) in [5.74, 6) is 0.873. The average Bonchev–Trinajstić information content (AvgIpc) is 2.77. The number of halogens is 1. The van der Waals surface area contributed by atoms with Crippen molar-refractivity contribution in [3.05, 3.63) is 47.2 Å². The number of benzene rings is 1. The van der Waals surface area contributed by atoms with Gasteiger partial charge in [-0.05, 0) is 32.4 Å². The molecule has 2 aromatic rings. The predicted molar refractivity (Wildman–Crippen MR) is 76.1 cm³/mol. The average molecular weight is 264 g/mol. The van der Waals surface area contributed by atoms with E-state index in [2.05, 4.69) is 35.6 Å². The van der Waals surface area contributed by atoms with Gasteiger partial charge in [-0.15, -0.1) is 0 Å². The van der Waals surface area contributed by atoms with Crippen LogP contribution in [0.2, 0.25) is 5.02 Å². The molecule has 96 valence electrons. The Labute approximate surface area is 113 Å². The topological polar surface area (TPSA) is 29.9 Å². The molecular formula is C14H18ClN3. The number of nitrogens with zero attached hydrogens (tertiary/aromatic N) is 2. The summed E-state index contributed by atoms with van der Waals surface area (Å²) in [4.78, 5) is 4.34. The van der Waals surface area contributed by atoms with Crippen LogP contribution >= 0.6 is 11.6 Å². The van der Waals surface area contributed by atoms with E-state index in [1.54, 1.807) is 0 Å². The zero-order valence-corrected chi connectivity index (χ0v) is 11.6. The highest BCUT2D eigenvalue weighted by molar-refractivity contribution is 6.31. The number of rotatable bonds is 4. The Balaban J connectivity index is 2.19. The second-order valence-corrected chi connectivity index (χ2v) is 5.05. The first-order valence-corrected chi connectivity index (χ1v) is 6.51. The minimum Gasteiger partial charge on any atom is -0.349 e. The minimum atomic E-state index is 0.124. The van der Waals surface area contributed by atoms with E-state index in [1.807, 2.05) is 36.7 Å². The number of aromatic nitrogens is 2. The van der Waals surface area contributed by atoms with Gasteiger partial charge in [0.2, 0.25) is 5.95 Å². The molecule has 4 heteroatoms. The van der Waals surface area contributed by atoms with Gasteiger partial charge in [-0.1, -0.05) is 29.8 Å². The molecule has 0 saturated carbocycles. The van der Waals surface area contributed by atoms with Crippen LogP contribution in [-0.2, 0) is 0 Å². The second kappa shape index (κ2) is 5.44. The molecule has 1 unspecified atom stereocenters. The molecule has 0 radical (unpaired) electrons. The largest absolute Gasteiger partial charge is 0.349 e. The van der Waals surface area contributed by atoms with Crippen LogP contribution in [0.25, 0.3) is 0 Å². The van der Waals surface area contributed by atoms with Crippen molar-refractivity contribution < 1.29 is 0 Å². The molecule has 0 bridgehead atoms. The Morgan fingerprint density at radius 2 is 1.94 bits per heavy atom. The van der Waals surface area contributed by atoms with E-state index in [0.29, 0.717) is 6.04 Å². The molecular weight excluding hydrogens is 246 g/mol. The molecule has 3 nitrogen and oxygen atoms in total. The van der Waals surface area contributed by atoms with E-state index in [4.69, 9.17) is 11.6 Å². The SMILES string of the molecule is CC(Nc1nccn1C(C)C)c1ccccc1Cl. The Hall–Kier alpha value is -1.48. The summed E-state index contributed by atoms with van der Waals surface area (Å²) in [7, 11) is 0. The Bertz CT molecular complexity index is 519. The van der Waals surface area contributed by atoms with E-state index in [-0.39, 0.29) is 6.04 Å². The van der Waals surface area contributed by atoms with Crippen molar-refractivity contribution >= 4 is 17.5 Å². The van der Waals surface area contributed by atoms with Crippen molar-refractivity contribution in [1.82, 2.24) is 9.55 Å². The minimum absolute atomic E-state index is 0.124. The molecule has 0 aliphatic heterocycles. The summed E-state index contributed by atoms with van der Waals surface area (Å²) in [5, 5.41) is 4.17. The summed E-state index contributed by atoms with van der Waals surface area (Å²) < 4.78 is 2.10. The zero-order valence-electron chi connectivity index (χ0n) is 10.9. The van der Waals surface area contributed by atoms with Crippen LogP contribution in [-0.4, -0.2) is 9.55 Å². The zero-order chi connectivity index (χ0) is 13.1. The molecule has 18 heavy (non-hydrogen) atoms. The van der Waals surface area contributed by atoms with Crippen LogP contribution in [0, 0.1) is 0 Å². The second-order valence-electron chi connectivity index (χ2n) is 4.64. The van der Waals surface area contributed by atoms with Crippen LogP contribution in [0.4, 0.5) is 5.95 Å². The molecule has 2 rings (SSSR count). The first-order chi connectivity index (χ1) is 8.59. The normalized spacial score (nSPS) is 12.7. The summed E-state index contributed by atoms with van der Waals surface area (Å²) in [6.07, 6.45) is 3.79. The maximum absolute atomic E-state index is 6.19. The molecule has 0 fully saturated rings. The van der Waals surface area contributed by atoms with Crippen molar-refractivity contribution in [3.8, 4) is 0 Å². The Kier molecular flexibility index (Phi) is 3.92. The van der Waals surface area contributed by atoms with Crippen LogP contribution < -0.4 is 5.32 Å². The van der Waals surface area contributed by atoms with Crippen molar-refractivity contribution in [2.24, 2.45) is 0 Å². The van der Waals surface area contributed by atoms with Crippen molar-refractivity contribution in [1.29, 1.82) is 0 Å². The third-order valence-corrected chi connectivity index (χ3v) is 3.29. The molecule has 0 aliphatic carbocycles. The standard InChI is InChI=1S/C14H18ClN3/c1-10(2)18-9-8-16-14(18)17-11(3)12-6-4-5-7-13(12)15/h4-11H,1-3H3,(H,16,17). The number of anilines is 1. The lowest BCUT2D eigenvalue weighted by molar-refractivity contribution is 0.600. The highest BCUT2D eigenvalue weighted by Crippen LogP contribution is 2.25. The smallest absolute Gasteiger partial charge is 0.203 e. The number of hydrogen-bond donors (Lipinski definition) is 1. The van der Waals surface area contributed by atoms with E-state index >= 15 is 0 Å². The van der Waals surface area contributed by atoms with Gasteiger partial charge in [0.1, 0.15) is 0 Å². The molecule has 0 aliphatic rings. The van der Waals surface area contributed by atoms with Gasteiger partial charge >= 0.3 is 0 Å². The van der Waals surface area contributed by atoms with E-state index in [9.17, 15) is 0 Å². The lowest BCUT2D eigenvalue weighted by atomic mass is 10.1. The maximum atomic E-state index is 6.19. The Morgan fingerprint density at radius 1 is 1.22 bits per heavy atom. The molecule has 0 amide bonds. The fraction of sp³-hybridized carbons (Fsp3) is 0.357. The number of imidazole rings is 1. The van der Waals surface area contributed by atoms with Gasteiger partial charge in [-0.2, -0.15) is 0 Å². The highest BCUT2D eigenvalue weighted by Gasteiger charge is 2.12. The molecule has 1 aromatic carbocycles. The van der Waals surface area contributed by atoms with Gasteiger partial charge in [0.25, 0.3) is 0 Å². The van der Waals surface area contributed by atoms with Gasteiger partial charge in [-0.25, -0.2) is 4.98 Å². The summed E-state index contributed by atoms with van der Waals surface area (Å²) >= 11 is 6.19. The maximum Gasteiger partial charge on any atom is 0.203 e. The molecule has 1 atom stereocenters. The monoisotopic (exact) mass is 263 g/mol. The molecule has 0 spiro atoms. The quantitative estimate of drug-likeness (QED) is 0.892. The highest BCUT2D eigenvalue weighted by atomic mass is 35.5. The summed E-state index contributed by atoms with van der Waals surface area (Å²) in [6, 6.07) is 8.38. The van der Waals surface area contributed by atoms with E-state index in [1.165, 1.54) is 0 Å². The van der Waals surface area contributed by atoms with E-state index in [0.717, 1.165) is 16.5 Å². The van der Waals surface area contributed by atoms with E-state index < -0.39 is 0 Å². The van der Waals surface area contributed by atoms with Gasteiger partial charge < -0.3 is 9.88 Å². The van der Waals surface area contributed by atoms with Crippen molar-refractivity contribution in [3.63, 3.8) is 0 Å². The van der Waals surface area contributed by atoms with Gasteiger partial charge in [0.05, 0.1) is 6.04 Å². The summed E-state index contributed by atoms with van der Waals surface area (Å²) in [5.41, 5.74) is 1.08. The molecule has 1 heterocycles. The van der Waals surface area contributed by atoms with Crippen LogP contribution in [0.15, 0.2) is 36.7 Å². The van der Waals surface area contributed by atoms with Crippen LogP contribution in [0.3, 0.4) is 0 Å². The van der Waals surface area contributed by atoms with Gasteiger partial charge in [-0.3, -0.25) is 0 Å². The molecule has 0 saturated heterocycles. The molecule has 1 N–H and O–H groups in total. The van der Waals surface area contributed by atoms with Gasteiger partial charge in [0.15, 0.2) is 0 Å². The first kappa shape index (κ1) is 13.0. The number of hydrogen-bond acceptors (Lipinski definition) is 2. The fourth-order valence-corrected chi connectivity index (χ4v) is 2.24. The lowest BCUT2D eigenvalue weighted by Gasteiger charge is -2.19. The first-order valence-electron chi connectivity index (χ1n) is 6.13. The lowest BCUT2D eigenvalue weighted by Crippen LogP contribution is -2.13. The third kappa shape index (κ3) is 2.67. The number of nitrogens with one attached hydrogen (secondary N) is 1. The van der Waals surface area contributed by atoms with Crippen LogP contribution in [0.1, 0.15) is 38.4 Å². The third-order valence-electron chi connectivity index (χ3n) is 2.94. The molecule has 1 aromatic heterocycles. The Morgan fingerprint density at radius 3 is 2.61 bits per heavy atom. The van der Waals surface area contributed by atoms with Crippen molar-refractivity contribution in [2.75, 3.05) is 5.32 Å². The van der Waals surface area contributed by atoms with Gasteiger partial charge in [0, 0.05) is 23.5 Å². The van der Waals surface area contributed by atoms with Crippen molar-refractivity contribution in [2.45, 2.75) is 32.9 Å².